The number of hydrogen-bond donors (Lipinski definition) is 1. The third kappa shape index (κ3) is 4.97. The van der Waals surface area contributed by atoms with E-state index < -0.39 is 0 Å². The second kappa shape index (κ2) is 9.65. The molecule has 6 nitrogen and oxygen atoms in total. The van der Waals surface area contributed by atoms with Crippen LogP contribution in [0.4, 0.5) is 5.82 Å². The molecular weight excluding hydrogens is 408 g/mol. The summed E-state index contributed by atoms with van der Waals surface area (Å²) in [5.74, 6) is 1.39. The summed E-state index contributed by atoms with van der Waals surface area (Å²) < 4.78 is 2.04. The number of rotatable bonds is 6. The lowest BCUT2D eigenvalue weighted by Crippen LogP contribution is -2.31. The quantitative estimate of drug-likeness (QED) is 0.587. The fraction of sp³-hybridized carbons (Fsp3) is 0.481. The number of fused-ring (bicyclic) bond motifs is 1. The molecule has 2 aromatic heterocycles. The molecule has 2 aliphatic heterocycles. The van der Waals surface area contributed by atoms with Gasteiger partial charge in [0.15, 0.2) is 0 Å². The van der Waals surface area contributed by atoms with E-state index in [-0.39, 0.29) is 0 Å². The maximum absolute atomic E-state index is 4.65. The Balaban J connectivity index is 1.37. The minimum absolute atomic E-state index is 0.512. The normalized spacial score (nSPS) is 18.6. The van der Waals surface area contributed by atoms with Crippen LogP contribution in [0.2, 0.25) is 0 Å². The van der Waals surface area contributed by atoms with E-state index in [1.807, 2.05) is 17.1 Å². The predicted molar refractivity (Wildman–Crippen MR) is 136 cm³/mol. The van der Waals surface area contributed by atoms with Gasteiger partial charge in [-0.25, -0.2) is 4.98 Å². The maximum atomic E-state index is 4.65. The molecule has 1 aromatic carbocycles. The van der Waals surface area contributed by atoms with Crippen molar-refractivity contribution in [2.45, 2.75) is 38.6 Å². The molecule has 0 atom stereocenters. The third-order valence-electron chi connectivity index (χ3n) is 7.42. The molecule has 0 spiro atoms. The molecule has 0 saturated carbocycles. The highest BCUT2D eigenvalue weighted by Gasteiger charge is 2.20. The number of benzene rings is 1. The smallest absolute Gasteiger partial charge is 0.130 e. The molecule has 2 aliphatic rings. The largest absolute Gasteiger partial charge is 0.344 e. The summed E-state index contributed by atoms with van der Waals surface area (Å²) in [7, 11) is 4.25. The van der Waals surface area contributed by atoms with Crippen molar-refractivity contribution in [1.29, 1.82) is 0 Å². The molecule has 0 bridgehead atoms. The molecule has 0 aliphatic carbocycles. The zero-order valence-electron chi connectivity index (χ0n) is 20.1. The average molecular weight is 445 g/mol. The Hall–Kier alpha value is -2.70. The average Bonchev–Trinajstić information content (AvgIpc) is 3.19. The SMILES string of the molecule is C=C(Nc1cc2cc(-c3cnn(C)c3CN3CCCCC3)ccc2cn1)C1CCN(C)CC1. The highest BCUT2D eigenvalue weighted by Crippen LogP contribution is 2.30. The van der Waals surface area contributed by atoms with Gasteiger partial charge in [0.05, 0.1) is 11.9 Å². The zero-order valence-corrected chi connectivity index (χ0v) is 20.1. The van der Waals surface area contributed by atoms with E-state index in [1.54, 1.807) is 0 Å². The van der Waals surface area contributed by atoms with E-state index in [9.17, 15) is 0 Å². The first-order chi connectivity index (χ1) is 16.1. The fourth-order valence-electron chi connectivity index (χ4n) is 5.22. The summed E-state index contributed by atoms with van der Waals surface area (Å²) >= 11 is 0. The van der Waals surface area contributed by atoms with Gasteiger partial charge in [0, 0.05) is 42.4 Å². The van der Waals surface area contributed by atoms with Crippen molar-refractivity contribution in [1.82, 2.24) is 24.6 Å². The van der Waals surface area contributed by atoms with Crippen LogP contribution in [0.3, 0.4) is 0 Å². The lowest BCUT2D eigenvalue weighted by molar-refractivity contribution is 0.216. The molecule has 4 heterocycles. The van der Waals surface area contributed by atoms with E-state index >= 15 is 0 Å². The van der Waals surface area contributed by atoms with Gasteiger partial charge in [-0.1, -0.05) is 25.1 Å². The first-order valence-corrected chi connectivity index (χ1v) is 12.3. The molecule has 1 N–H and O–H groups in total. The predicted octanol–water partition coefficient (Wildman–Crippen LogP) is 4.89. The summed E-state index contributed by atoms with van der Waals surface area (Å²) in [5.41, 5.74) is 4.82. The Kier molecular flexibility index (Phi) is 6.47. The standard InChI is InChI=1S/C27H36N6/c1-20(21-9-13-31(2)14-10-21)30-27-16-24-15-22(7-8-23(24)17-28-27)25-18-29-32(3)26(25)19-33-11-5-4-6-12-33/h7-8,15-18,21H,1,4-6,9-14,19H2,2-3H3,(H,28,30). The molecule has 0 amide bonds. The zero-order chi connectivity index (χ0) is 22.8. The van der Waals surface area contributed by atoms with Crippen molar-refractivity contribution in [3.63, 3.8) is 0 Å². The third-order valence-corrected chi connectivity index (χ3v) is 7.42. The van der Waals surface area contributed by atoms with Gasteiger partial charge >= 0.3 is 0 Å². The number of nitrogens with zero attached hydrogens (tertiary/aromatic N) is 5. The Bertz CT molecular complexity index is 1120. The van der Waals surface area contributed by atoms with E-state index in [2.05, 4.69) is 70.1 Å². The van der Waals surface area contributed by atoms with Crippen LogP contribution >= 0.6 is 0 Å². The summed E-state index contributed by atoms with van der Waals surface area (Å²) in [5, 5.41) is 10.4. The number of aryl methyl sites for hydroxylation is 1. The molecule has 33 heavy (non-hydrogen) atoms. The van der Waals surface area contributed by atoms with Crippen molar-refractivity contribution in [2.75, 3.05) is 38.5 Å². The number of pyridine rings is 1. The topological polar surface area (TPSA) is 49.2 Å². The second-order valence-electron chi connectivity index (χ2n) is 9.82. The molecule has 2 saturated heterocycles. The molecule has 174 valence electrons. The molecule has 3 aromatic rings. The minimum Gasteiger partial charge on any atom is -0.344 e. The molecule has 0 radical (unpaired) electrons. The first kappa shape index (κ1) is 22.1. The summed E-state index contributed by atoms with van der Waals surface area (Å²) in [4.78, 5) is 9.60. The van der Waals surface area contributed by atoms with Gasteiger partial charge in [0.25, 0.3) is 0 Å². The molecule has 5 rings (SSSR count). The number of aromatic nitrogens is 3. The van der Waals surface area contributed by atoms with Gasteiger partial charge in [0.2, 0.25) is 0 Å². The van der Waals surface area contributed by atoms with E-state index in [0.717, 1.165) is 49.4 Å². The number of likely N-dealkylation sites (tertiary alicyclic amines) is 2. The number of piperidine rings is 2. The van der Waals surface area contributed by atoms with E-state index in [0.29, 0.717) is 5.92 Å². The Morgan fingerprint density at radius 3 is 2.58 bits per heavy atom. The monoisotopic (exact) mass is 444 g/mol. The Morgan fingerprint density at radius 1 is 1.00 bits per heavy atom. The lowest BCUT2D eigenvalue weighted by atomic mass is 9.94. The van der Waals surface area contributed by atoms with Crippen molar-refractivity contribution in [3.8, 4) is 11.1 Å². The fourth-order valence-corrected chi connectivity index (χ4v) is 5.22. The van der Waals surface area contributed by atoms with Crippen LogP contribution in [-0.2, 0) is 13.6 Å². The van der Waals surface area contributed by atoms with Gasteiger partial charge in [-0.2, -0.15) is 5.10 Å². The van der Waals surface area contributed by atoms with Gasteiger partial charge in [0.1, 0.15) is 5.82 Å². The van der Waals surface area contributed by atoms with Crippen LogP contribution in [0.5, 0.6) is 0 Å². The number of hydrogen-bond acceptors (Lipinski definition) is 5. The maximum Gasteiger partial charge on any atom is 0.130 e. The summed E-state index contributed by atoms with van der Waals surface area (Å²) in [6.07, 6.45) is 10.2. The summed E-state index contributed by atoms with van der Waals surface area (Å²) in [6, 6.07) is 8.80. The van der Waals surface area contributed by atoms with Crippen LogP contribution in [0.15, 0.2) is 48.9 Å². The van der Waals surface area contributed by atoms with Crippen LogP contribution in [-0.4, -0.2) is 57.8 Å². The van der Waals surface area contributed by atoms with Crippen molar-refractivity contribution < 1.29 is 0 Å². The van der Waals surface area contributed by atoms with Gasteiger partial charge < -0.3 is 10.2 Å². The van der Waals surface area contributed by atoms with Crippen LogP contribution in [0, 0.1) is 5.92 Å². The highest BCUT2D eigenvalue weighted by molar-refractivity contribution is 5.88. The lowest BCUT2D eigenvalue weighted by Gasteiger charge is -2.30. The number of allylic oxidation sites excluding steroid dienone is 1. The van der Waals surface area contributed by atoms with E-state index in [1.165, 1.54) is 54.6 Å². The molecule has 0 unspecified atom stereocenters. The van der Waals surface area contributed by atoms with Gasteiger partial charge in [-0.15, -0.1) is 0 Å². The minimum atomic E-state index is 0.512. The second-order valence-corrected chi connectivity index (χ2v) is 9.82. The molecular formula is C27H36N6. The Morgan fingerprint density at radius 2 is 1.79 bits per heavy atom. The van der Waals surface area contributed by atoms with Gasteiger partial charge in [-0.3, -0.25) is 9.58 Å². The molecule has 6 heteroatoms. The molecule has 2 fully saturated rings. The van der Waals surface area contributed by atoms with Crippen LogP contribution in [0.1, 0.15) is 37.8 Å². The Labute approximate surface area is 197 Å². The van der Waals surface area contributed by atoms with Crippen LogP contribution in [0.25, 0.3) is 21.9 Å². The number of anilines is 1. The van der Waals surface area contributed by atoms with Crippen molar-refractivity contribution in [2.24, 2.45) is 13.0 Å². The number of nitrogens with one attached hydrogen (secondary N) is 1. The van der Waals surface area contributed by atoms with Crippen molar-refractivity contribution >= 4 is 16.6 Å². The van der Waals surface area contributed by atoms with E-state index in [4.69, 9.17) is 0 Å². The van der Waals surface area contributed by atoms with Crippen LogP contribution < -0.4 is 5.32 Å². The van der Waals surface area contributed by atoms with Crippen molar-refractivity contribution in [3.05, 3.63) is 54.6 Å². The van der Waals surface area contributed by atoms with Gasteiger partial charge in [-0.05, 0) is 82.0 Å². The summed E-state index contributed by atoms with van der Waals surface area (Å²) in [6.45, 7) is 9.92. The first-order valence-electron chi connectivity index (χ1n) is 12.3. The highest BCUT2D eigenvalue weighted by atomic mass is 15.3.